The monoisotopic (exact) mass is 233 g/mol. The van der Waals surface area contributed by atoms with Crippen molar-refractivity contribution in [2.24, 2.45) is 5.16 Å². The molecule has 1 heterocycles. The van der Waals surface area contributed by atoms with Crippen LogP contribution < -0.4 is 4.74 Å². The highest BCUT2D eigenvalue weighted by atomic mass is 32.1. The second-order valence-corrected chi connectivity index (χ2v) is 4.12. The molecule has 4 heteroatoms. The molecule has 0 radical (unpaired) electrons. The van der Waals surface area contributed by atoms with E-state index in [9.17, 15) is 0 Å². The molecule has 82 valence electrons. The summed E-state index contributed by atoms with van der Waals surface area (Å²) < 4.78 is 5.10. The van der Waals surface area contributed by atoms with Crippen LogP contribution in [0.5, 0.6) is 5.75 Å². The number of hydrogen-bond acceptors (Lipinski definition) is 4. The van der Waals surface area contributed by atoms with E-state index >= 15 is 0 Å². The summed E-state index contributed by atoms with van der Waals surface area (Å²) in [7, 11) is 1.64. The van der Waals surface area contributed by atoms with Crippen molar-refractivity contribution in [2.75, 3.05) is 7.11 Å². The number of ether oxygens (including phenoxy) is 1. The lowest BCUT2D eigenvalue weighted by molar-refractivity contribution is 0.322. The van der Waals surface area contributed by atoms with Gasteiger partial charge in [0, 0.05) is 5.56 Å². The molecule has 0 amide bonds. The molecule has 1 N–H and O–H groups in total. The van der Waals surface area contributed by atoms with Crippen molar-refractivity contribution in [1.82, 2.24) is 0 Å². The maximum Gasteiger partial charge on any atom is 0.118 e. The van der Waals surface area contributed by atoms with E-state index in [2.05, 4.69) is 5.16 Å². The molecule has 0 fully saturated rings. The van der Waals surface area contributed by atoms with Gasteiger partial charge in [-0.25, -0.2) is 0 Å². The molecule has 2 aromatic rings. The molecule has 16 heavy (non-hydrogen) atoms. The minimum Gasteiger partial charge on any atom is -0.497 e. The molecule has 0 saturated carbocycles. The topological polar surface area (TPSA) is 41.8 Å². The van der Waals surface area contributed by atoms with Gasteiger partial charge in [-0.05, 0) is 29.1 Å². The van der Waals surface area contributed by atoms with Crippen LogP contribution in [0.15, 0.2) is 40.9 Å². The van der Waals surface area contributed by atoms with Crippen LogP contribution in [-0.2, 0) is 0 Å². The summed E-state index contributed by atoms with van der Waals surface area (Å²) in [6, 6.07) is 9.79. The van der Waals surface area contributed by atoms with Crippen LogP contribution in [0.25, 0.3) is 11.1 Å². The average molecular weight is 233 g/mol. The van der Waals surface area contributed by atoms with Crippen LogP contribution in [0.1, 0.15) is 4.88 Å². The number of rotatable bonds is 3. The first kappa shape index (κ1) is 10.7. The Morgan fingerprint density at radius 2 is 2.00 bits per heavy atom. The summed E-state index contributed by atoms with van der Waals surface area (Å²) in [5, 5.41) is 13.6. The zero-order valence-electron chi connectivity index (χ0n) is 8.75. The zero-order valence-corrected chi connectivity index (χ0v) is 9.57. The SMILES string of the molecule is COc1ccc(-c2ccsc2/C=N/O)cc1. The van der Waals surface area contributed by atoms with Gasteiger partial charge in [-0.15, -0.1) is 11.3 Å². The van der Waals surface area contributed by atoms with Crippen molar-refractivity contribution in [3.8, 4) is 16.9 Å². The molecule has 0 aliphatic heterocycles. The van der Waals surface area contributed by atoms with E-state index in [1.807, 2.05) is 35.7 Å². The summed E-state index contributed by atoms with van der Waals surface area (Å²) in [6.45, 7) is 0. The van der Waals surface area contributed by atoms with Gasteiger partial charge in [-0.3, -0.25) is 0 Å². The molecular weight excluding hydrogens is 222 g/mol. The van der Waals surface area contributed by atoms with Gasteiger partial charge in [0.15, 0.2) is 0 Å². The number of methoxy groups -OCH3 is 1. The first-order valence-corrected chi connectivity index (χ1v) is 5.62. The molecule has 0 atom stereocenters. The molecule has 3 nitrogen and oxygen atoms in total. The van der Waals surface area contributed by atoms with Crippen molar-refractivity contribution in [3.05, 3.63) is 40.6 Å². The average Bonchev–Trinajstić information content (AvgIpc) is 2.78. The fourth-order valence-corrected chi connectivity index (χ4v) is 2.25. The maximum absolute atomic E-state index is 8.55. The first-order chi connectivity index (χ1) is 7.85. The van der Waals surface area contributed by atoms with E-state index in [1.54, 1.807) is 7.11 Å². The Bertz CT molecular complexity index is 488. The quantitative estimate of drug-likeness (QED) is 0.502. The van der Waals surface area contributed by atoms with Gasteiger partial charge >= 0.3 is 0 Å². The van der Waals surface area contributed by atoms with Gasteiger partial charge in [0.2, 0.25) is 0 Å². The standard InChI is InChI=1S/C12H11NO2S/c1-15-10-4-2-9(3-5-10)11-6-7-16-12(11)8-13-14/h2-8,14H,1H3/b13-8+. The van der Waals surface area contributed by atoms with Crippen molar-refractivity contribution in [2.45, 2.75) is 0 Å². The minimum atomic E-state index is 0.830. The van der Waals surface area contributed by atoms with Crippen LogP contribution in [0.3, 0.4) is 0 Å². The first-order valence-electron chi connectivity index (χ1n) is 4.74. The molecular formula is C12H11NO2S. The maximum atomic E-state index is 8.55. The van der Waals surface area contributed by atoms with Crippen molar-refractivity contribution in [3.63, 3.8) is 0 Å². The zero-order chi connectivity index (χ0) is 11.4. The van der Waals surface area contributed by atoms with Crippen LogP contribution in [-0.4, -0.2) is 18.5 Å². The summed E-state index contributed by atoms with van der Waals surface area (Å²) >= 11 is 1.54. The largest absolute Gasteiger partial charge is 0.497 e. The van der Waals surface area contributed by atoms with E-state index < -0.39 is 0 Å². The predicted octanol–water partition coefficient (Wildman–Crippen LogP) is 3.23. The lowest BCUT2D eigenvalue weighted by Crippen LogP contribution is -1.84. The third kappa shape index (κ3) is 2.06. The Kier molecular flexibility index (Phi) is 3.22. The predicted molar refractivity (Wildman–Crippen MR) is 65.7 cm³/mol. The van der Waals surface area contributed by atoms with Gasteiger partial charge in [0.05, 0.1) is 18.2 Å². The third-order valence-electron chi connectivity index (χ3n) is 2.27. The summed E-state index contributed by atoms with van der Waals surface area (Å²) in [5.41, 5.74) is 2.14. The lowest BCUT2D eigenvalue weighted by atomic mass is 10.1. The lowest BCUT2D eigenvalue weighted by Gasteiger charge is -2.02. The Labute approximate surface area is 97.6 Å². The molecule has 2 rings (SSSR count). The molecule has 0 spiro atoms. The Hall–Kier alpha value is -1.81. The normalized spacial score (nSPS) is 10.8. The van der Waals surface area contributed by atoms with Crippen LogP contribution in [0.2, 0.25) is 0 Å². The molecule has 1 aromatic heterocycles. The Morgan fingerprint density at radius 1 is 1.25 bits per heavy atom. The number of hydrogen-bond donors (Lipinski definition) is 1. The fraction of sp³-hybridized carbons (Fsp3) is 0.0833. The van der Waals surface area contributed by atoms with E-state index in [4.69, 9.17) is 9.94 Å². The van der Waals surface area contributed by atoms with Crippen LogP contribution in [0, 0.1) is 0 Å². The Morgan fingerprint density at radius 3 is 2.62 bits per heavy atom. The highest BCUT2D eigenvalue weighted by Crippen LogP contribution is 2.28. The fourth-order valence-electron chi connectivity index (χ4n) is 1.48. The van der Waals surface area contributed by atoms with Gasteiger partial charge < -0.3 is 9.94 Å². The van der Waals surface area contributed by atoms with Gasteiger partial charge in [0.25, 0.3) is 0 Å². The number of benzene rings is 1. The molecule has 0 unspecified atom stereocenters. The van der Waals surface area contributed by atoms with Crippen molar-refractivity contribution in [1.29, 1.82) is 0 Å². The van der Waals surface area contributed by atoms with Crippen LogP contribution in [0.4, 0.5) is 0 Å². The number of nitrogens with zero attached hydrogens (tertiary/aromatic N) is 1. The van der Waals surface area contributed by atoms with E-state index in [-0.39, 0.29) is 0 Å². The smallest absolute Gasteiger partial charge is 0.118 e. The highest BCUT2D eigenvalue weighted by Gasteiger charge is 2.05. The number of oxime groups is 1. The molecule has 1 aromatic carbocycles. The summed E-state index contributed by atoms with van der Waals surface area (Å²) in [4.78, 5) is 0.938. The molecule has 0 aliphatic rings. The third-order valence-corrected chi connectivity index (χ3v) is 3.12. The van der Waals surface area contributed by atoms with Crippen molar-refractivity contribution < 1.29 is 9.94 Å². The van der Waals surface area contributed by atoms with Gasteiger partial charge in [0.1, 0.15) is 5.75 Å². The second-order valence-electron chi connectivity index (χ2n) is 3.17. The molecule has 0 bridgehead atoms. The minimum absolute atomic E-state index is 0.830. The van der Waals surface area contributed by atoms with Crippen molar-refractivity contribution >= 4 is 17.6 Å². The van der Waals surface area contributed by atoms with Gasteiger partial charge in [-0.2, -0.15) is 0 Å². The van der Waals surface area contributed by atoms with E-state index in [0.29, 0.717) is 0 Å². The molecule has 0 aliphatic carbocycles. The van der Waals surface area contributed by atoms with Gasteiger partial charge in [-0.1, -0.05) is 17.3 Å². The Balaban J connectivity index is 2.38. The summed E-state index contributed by atoms with van der Waals surface area (Å²) in [5.74, 6) is 0.830. The van der Waals surface area contributed by atoms with E-state index in [1.165, 1.54) is 17.6 Å². The van der Waals surface area contributed by atoms with Crippen LogP contribution >= 0.6 is 11.3 Å². The highest BCUT2D eigenvalue weighted by molar-refractivity contribution is 7.12. The summed E-state index contributed by atoms with van der Waals surface area (Å²) in [6.07, 6.45) is 1.45. The number of thiophene rings is 1. The van der Waals surface area contributed by atoms with E-state index in [0.717, 1.165) is 21.8 Å². The molecule has 0 saturated heterocycles. The second kappa shape index (κ2) is 4.81.